The van der Waals surface area contributed by atoms with Gasteiger partial charge in [0, 0.05) is 12.5 Å². The number of fused-ring (bicyclic) bond motifs is 4. The molecule has 192 valence electrons. The molecule has 0 saturated heterocycles. The van der Waals surface area contributed by atoms with Gasteiger partial charge in [0.1, 0.15) is 0 Å². The lowest BCUT2D eigenvalue weighted by Gasteiger charge is -2.61. The van der Waals surface area contributed by atoms with Crippen LogP contribution in [0.3, 0.4) is 0 Å². The summed E-state index contributed by atoms with van der Waals surface area (Å²) in [6, 6.07) is 0. The maximum absolute atomic E-state index is 12.2. The molecule has 0 aromatic rings. The Morgan fingerprint density at radius 1 is 1.03 bits per heavy atom. The van der Waals surface area contributed by atoms with E-state index in [0.717, 1.165) is 29.6 Å². The third kappa shape index (κ3) is 3.34. The second-order valence-corrected chi connectivity index (χ2v) is 13.6. The van der Waals surface area contributed by atoms with Crippen molar-refractivity contribution in [3.05, 3.63) is 12.2 Å². The molecular weight excluding hydrogens is 420 g/mol. The minimum absolute atomic E-state index is 0.0698. The van der Waals surface area contributed by atoms with E-state index in [-0.39, 0.29) is 17.8 Å². The van der Waals surface area contributed by atoms with Crippen molar-refractivity contribution >= 4 is 5.97 Å². The summed E-state index contributed by atoms with van der Waals surface area (Å²) >= 11 is 0. The zero-order chi connectivity index (χ0) is 24.5. The average molecular weight is 471 g/mol. The monoisotopic (exact) mass is 470 g/mol. The van der Waals surface area contributed by atoms with Crippen LogP contribution in [-0.4, -0.2) is 25.8 Å². The van der Waals surface area contributed by atoms with Crippen LogP contribution >= 0.6 is 0 Å². The van der Waals surface area contributed by atoms with Gasteiger partial charge in [0.05, 0.1) is 18.6 Å². The Hall–Kier alpha value is -0.830. The van der Waals surface area contributed by atoms with Gasteiger partial charge in [-0.2, -0.15) is 0 Å². The number of carbonyl (C=O) groups is 1. The quantitative estimate of drug-likeness (QED) is 0.289. The Bertz CT molecular complexity index is 819. The van der Waals surface area contributed by atoms with Crippen molar-refractivity contribution in [2.45, 2.75) is 99.0 Å². The number of hydrogen-bond donors (Lipinski definition) is 0. The van der Waals surface area contributed by atoms with Crippen molar-refractivity contribution in [3.63, 3.8) is 0 Å². The number of carbonyl (C=O) groups excluding carboxylic acids is 1. The summed E-state index contributed by atoms with van der Waals surface area (Å²) < 4.78 is 11.5. The van der Waals surface area contributed by atoms with Crippen LogP contribution in [0.15, 0.2) is 12.2 Å². The van der Waals surface area contributed by atoms with Gasteiger partial charge in [-0.15, -0.1) is 0 Å². The highest BCUT2D eigenvalue weighted by Crippen LogP contribution is 2.82. The van der Waals surface area contributed by atoms with Gasteiger partial charge in [0.2, 0.25) is 0 Å². The summed E-state index contributed by atoms with van der Waals surface area (Å²) in [7, 11) is 2.00. The molecule has 5 fully saturated rings. The van der Waals surface area contributed by atoms with E-state index >= 15 is 0 Å². The van der Waals surface area contributed by atoms with Crippen molar-refractivity contribution < 1.29 is 14.3 Å². The maximum atomic E-state index is 12.2. The van der Waals surface area contributed by atoms with Crippen molar-refractivity contribution in [2.24, 2.45) is 63.6 Å². The van der Waals surface area contributed by atoms with Crippen LogP contribution < -0.4 is 0 Å². The SMILES string of the molecule is CCOC(=O)[C@H](C)[C@@H](C)/C=C/[C@@H](C)[C@H]1CC[C@H]2[C@@H]3C[C@@H](OC)[C@]45C[C@H]4CC[C@]5(C)[C@H]3CC[C@]12C. The third-order valence-corrected chi connectivity index (χ3v) is 12.7. The lowest BCUT2D eigenvalue weighted by molar-refractivity contribution is -0.160. The van der Waals surface area contributed by atoms with Gasteiger partial charge in [0.15, 0.2) is 0 Å². The first-order valence-electron chi connectivity index (χ1n) is 14.5. The fraction of sp³-hybridized carbons (Fsp3) is 0.903. The third-order valence-electron chi connectivity index (χ3n) is 12.7. The predicted octanol–water partition coefficient (Wildman–Crippen LogP) is 7.30. The summed E-state index contributed by atoms with van der Waals surface area (Å²) in [5.74, 6) is 4.96. The summed E-state index contributed by atoms with van der Waals surface area (Å²) in [5, 5.41) is 0. The molecule has 0 amide bonds. The van der Waals surface area contributed by atoms with Crippen LogP contribution in [0.4, 0.5) is 0 Å². The fourth-order valence-corrected chi connectivity index (χ4v) is 10.6. The summed E-state index contributed by atoms with van der Waals surface area (Å²) in [5.41, 5.74) is 1.49. The molecule has 0 aromatic carbocycles. The van der Waals surface area contributed by atoms with E-state index in [0.29, 0.717) is 34.9 Å². The van der Waals surface area contributed by atoms with Gasteiger partial charge in [-0.1, -0.05) is 46.8 Å². The first kappa shape index (κ1) is 24.8. The highest BCUT2D eigenvalue weighted by Gasteiger charge is 2.77. The van der Waals surface area contributed by atoms with Gasteiger partial charge in [0.25, 0.3) is 0 Å². The lowest BCUT2D eigenvalue weighted by atomic mass is 9.45. The second-order valence-electron chi connectivity index (χ2n) is 13.6. The van der Waals surface area contributed by atoms with Crippen molar-refractivity contribution in [3.8, 4) is 0 Å². The van der Waals surface area contributed by atoms with E-state index in [1.165, 1.54) is 51.4 Å². The molecule has 0 N–H and O–H groups in total. The zero-order valence-corrected chi connectivity index (χ0v) is 22.9. The van der Waals surface area contributed by atoms with Crippen LogP contribution in [0.25, 0.3) is 0 Å². The second kappa shape index (κ2) is 8.63. The molecule has 0 aliphatic heterocycles. The Morgan fingerprint density at radius 3 is 2.47 bits per heavy atom. The highest BCUT2D eigenvalue weighted by atomic mass is 16.5. The molecule has 12 atom stereocenters. The first-order chi connectivity index (χ1) is 16.1. The molecule has 5 aliphatic carbocycles. The molecular formula is C31H50O3. The molecule has 3 heteroatoms. The fourth-order valence-electron chi connectivity index (χ4n) is 10.6. The molecule has 5 rings (SSSR count). The van der Waals surface area contributed by atoms with E-state index in [9.17, 15) is 4.79 Å². The Morgan fingerprint density at radius 2 is 1.79 bits per heavy atom. The van der Waals surface area contributed by atoms with Crippen LogP contribution in [0, 0.1) is 63.6 Å². The summed E-state index contributed by atoms with van der Waals surface area (Å²) in [4.78, 5) is 12.2. The van der Waals surface area contributed by atoms with Crippen LogP contribution in [0.1, 0.15) is 92.9 Å². The van der Waals surface area contributed by atoms with Gasteiger partial charge >= 0.3 is 5.97 Å². The minimum Gasteiger partial charge on any atom is -0.466 e. The van der Waals surface area contributed by atoms with Gasteiger partial charge < -0.3 is 9.47 Å². The van der Waals surface area contributed by atoms with Gasteiger partial charge in [-0.25, -0.2) is 0 Å². The number of esters is 1. The van der Waals surface area contributed by atoms with Crippen LogP contribution in [0.2, 0.25) is 0 Å². The highest BCUT2D eigenvalue weighted by molar-refractivity contribution is 5.72. The first-order valence-corrected chi connectivity index (χ1v) is 14.5. The van der Waals surface area contributed by atoms with E-state index in [1.54, 1.807) is 0 Å². The Balaban J connectivity index is 1.31. The maximum Gasteiger partial charge on any atom is 0.309 e. The molecule has 1 spiro atoms. The summed E-state index contributed by atoms with van der Waals surface area (Å²) in [6.07, 6.45) is 16.5. The normalized spacial score (nSPS) is 49.5. The van der Waals surface area contributed by atoms with E-state index in [4.69, 9.17) is 9.47 Å². The summed E-state index contributed by atoms with van der Waals surface area (Å²) in [6.45, 7) is 14.3. The van der Waals surface area contributed by atoms with Crippen molar-refractivity contribution in [1.29, 1.82) is 0 Å². The van der Waals surface area contributed by atoms with E-state index in [2.05, 4.69) is 39.8 Å². The lowest BCUT2D eigenvalue weighted by Crippen LogP contribution is -2.57. The molecule has 0 radical (unpaired) electrons. The van der Waals surface area contributed by atoms with Crippen molar-refractivity contribution in [1.82, 2.24) is 0 Å². The smallest absolute Gasteiger partial charge is 0.309 e. The van der Waals surface area contributed by atoms with Gasteiger partial charge in [-0.05, 0) is 111 Å². The van der Waals surface area contributed by atoms with Crippen LogP contribution in [0.5, 0.6) is 0 Å². The number of allylic oxidation sites excluding steroid dienone is 2. The molecule has 34 heavy (non-hydrogen) atoms. The predicted molar refractivity (Wildman–Crippen MR) is 137 cm³/mol. The van der Waals surface area contributed by atoms with E-state index < -0.39 is 0 Å². The average Bonchev–Trinajstić information content (AvgIpc) is 3.32. The Labute approximate surface area is 208 Å². The molecule has 5 saturated carbocycles. The molecule has 0 heterocycles. The molecule has 0 aromatic heterocycles. The number of rotatable bonds is 7. The minimum atomic E-state index is -0.0790. The number of ether oxygens (including phenoxy) is 2. The molecule has 3 nitrogen and oxygen atoms in total. The largest absolute Gasteiger partial charge is 0.466 e. The molecule has 0 bridgehead atoms. The molecule has 0 unspecified atom stereocenters. The number of hydrogen-bond acceptors (Lipinski definition) is 3. The standard InChI is InChI=1S/C31H50O3/c1-8-34-28(32)21(4)19(2)9-10-20(3)24-11-12-25-23-17-27(33-7)31-18-22(31)13-16-30(31,6)26(23)14-15-29(24,25)5/h9-10,19-27H,8,11-18H2,1-7H3/b10-9+/t19-,20+,21+,22+,23-,24+,25-,26-,27+,29+,30+,31-/m0/s1. The van der Waals surface area contributed by atoms with E-state index in [1.807, 2.05) is 21.0 Å². The number of methoxy groups -OCH3 is 1. The van der Waals surface area contributed by atoms with Crippen molar-refractivity contribution in [2.75, 3.05) is 13.7 Å². The van der Waals surface area contributed by atoms with Gasteiger partial charge in [-0.3, -0.25) is 4.79 Å². The van der Waals surface area contributed by atoms with Crippen LogP contribution in [-0.2, 0) is 14.3 Å². The zero-order valence-electron chi connectivity index (χ0n) is 22.9. The Kier molecular flexibility index (Phi) is 6.31. The topological polar surface area (TPSA) is 35.5 Å². The molecule has 5 aliphatic rings.